The van der Waals surface area contributed by atoms with Crippen molar-refractivity contribution in [2.45, 2.75) is 20.4 Å². The number of sulfonamides is 1. The van der Waals surface area contributed by atoms with Crippen LogP contribution in [0.4, 0.5) is 0 Å². The number of piperazine rings is 1. The Morgan fingerprint density at radius 2 is 2.00 bits per heavy atom. The normalized spacial score (nSPS) is 16.0. The van der Waals surface area contributed by atoms with E-state index in [9.17, 15) is 18.0 Å². The van der Waals surface area contributed by atoms with Crippen LogP contribution in [0, 0.1) is 6.92 Å². The van der Waals surface area contributed by atoms with Gasteiger partial charge in [0.2, 0.25) is 15.7 Å². The molecule has 1 fully saturated rings. The Kier molecular flexibility index (Phi) is 5.20. The third-order valence-corrected chi connectivity index (χ3v) is 6.56. The number of amides is 1. The van der Waals surface area contributed by atoms with Gasteiger partial charge in [0, 0.05) is 32.7 Å². The minimum Gasteiger partial charge on any atom is -0.442 e. The molecule has 1 saturated heterocycles. The summed E-state index contributed by atoms with van der Waals surface area (Å²) in [6.07, 6.45) is 2.93. The lowest BCUT2D eigenvalue weighted by Gasteiger charge is -2.33. The van der Waals surface area contributed by atoms with E-state index in [2.05, 4.69) is 11.6 Å². The third kappa shape index (κ3) is 3.42. The fourth-order valence-corrected chi connectivity index (χ4v) is 4.26. The number of aryl methyl sites for hydroxylation is 1. The highest BCUT2D eigenvalue weighted by Crippen LogP contribution is 2.23. The fraction of sp³-hybridized carbons (Fsp3) is 0.471. The standard InChI is InChI=1S/C17H22N4O5S/c1-4-6-20-11-18-15-14(17(20)23)13(12(3)26-15)16(22)19-7-9-21(10-8-19)27(24,25)5-2/h4,11H,1,5-10H2,2-3H3. The summed E-state index contributed by atoms with van der Waals surface area (Å²) in [6, 6.07) is 0. The van der Waals surface area contributed by atoms with Gasteiger partial charge in [-0.05, 0) is 13.8 Å². The molecule has 27 heavy (non-hydrogen) atoms. The predicted molar refractivity (Wildman–Crippen MR) is 100 cm³/mol. The average Bonchev–Trinajstić information content (AvgIpc) is 3.00. The van der Waals surface area contributed by atoms with Crippen molar-refractivity contribution in [3.63, 3.8) is 0 Å². The maximum absolute atomic E-state index is 13.0. The van der Waals surface area contributed by atoms with E-state index in [0.29, 0.717) is 5.76 Å². The zero-order valence-corrected chi connectivity index (χ0v) is 16.2. The Balaban J connectivity index is 1.93. The predicted octanol–water partition coefficient (Wildman–Crippen LogP) is 0.591. The van der Waals surface area contributed by atoms with Gasteiger partial charge in [-0.2, -0.15) is 4.31 Å². The van der Waals surface area contributed by atoms with Gasteiger partial charge in [-0.1, -0.05) is 6.08 Å². The van der Waals surface area contributed by atoms with Crippen LogP contribution in [0.25, 0.3) is 11.1 Å². The van der Waals surface area contributed by atoms with Crippen LogP contribution in [0.3, 0.4) is 0 Å². The molecule has 1 aliphatic rings. The number of aromatic nitrogens is 2. The van der Waals surface area contributed by atoms with Crippen LogP contribution in [0.2, 0.25) is 0 Å². The van der Waals surface area contributed by atoms with Gasteiger partial charge in [-0.3, -0.25) is 14.2 Å². The molecule has 1 amide bonds. The van der Waals surface area contributed by atoms with E-state index >= 15 is 0 Å². The van der Waals surface area contributed by atoms with Crippen LogP contribution in [0.1, 0.15) is 23.0 Å². The van der Waals surface area contributed by atoms with E-state index in [1.165, 1.54) is 15.2 Å². The molecule has 0 unspecified atom stereocenters. The van der Waals surface area contributed by atoms with Crippen molar-refractivity contribution < 1.29 is 17.6 Å². The Morgan fingerprint density at radius 1 is 1.33 bits per heavy atom. The topological polar surface area (TPSA) is 106 Å². The number of furan rings is 1. The molecule has 0 atom stereocenters. The molecule has 0 bridgehead atoms. The first kappa shape index (κ1) is 19.3. The third-order valence-electron chi connectivity index (χ3n) is 4.68. The number of rotatable bonds is 5. The average molecular weight is 394 g/mol. The van der Waals surface area contributed by atoms with E-state index in [0.717, 1.165) is 0 Å². The van der Waals surface area contributed by atoms with Gasteiger partial charge in [0.15, 0.2) is 0 Å². The highest BCUT2D eigenvalue weighted by molar-refractivity contribution is 7.89. The first-order valence-electron chi connectivity index (χ1n) is 8.66. The fourth-order valence-electron chi connectivity index (χ4n) is 3.17. The number of hydrogen-bond acceptors (Lipinski definition) is 6. The van der Waals surface area contributed by atoms with Gasteiger partial charge in [-0.15, -0.1) is 6.58 Å². The summed E-state index contributed by atoms with van der Waals surface area (Å²) in [4.78, 5) is 31.4. The number of hydrogen-bond donors (Lipinski definition) is 0. The SMILES string of the molecule is C=CCn1cnc2oc(C)c(C(=O)N3CCN(S(=O)(=O)CC)CC3)c2c1=O. The minimum atomic E-state index is -3.28. The number of nitrogens with zero attached hydrogens (tertiary/aromatic N) is 4. The Labute approximate surface area is 156 Å². The molecule has 9 nitrogen and oxygen atoms in total. The summed E-state index contributed by atoms with van der Waals surface area (Å²) in [5.41, 5.74) is -0.0617. The Morgan fingerprint density at radius 3 is 2.59 bits per heavy atom. The smallest absolute Gasteiger partial charge is 0.265 e. The summed E-state index contributed by atoms with van der Waals surface area (Å²) in [7, 11) is -3.28. The van der Waals surface area contributed by atoms with Gasteiger partial charge < -0.3 is 9.32 Å². The molecule has 0 spiro atoms. The number of carbonyl (C=O) groups excluding carboxylic acids is 1. The quantitative estimate of drug-likeness (QED) is 0.687. The first-order chi connectivity index (χ1) is 12.8. The van der Waals surface area contributed by atoms with Crippen LogP contribution < -0.4 is 5.56 Å². The molecule has 2 aromatic rings. The second-order valence-corrected chi connectivity index (χ2v) is 8.55. The Hall–Kier alpha value is -2.46. The van der Waals surface area contributed by atoms with E-state index in [-0.39, 0.29) is 66.6 Å². The molecular formula is C17H22N4O5S. The van der Waals surface area contributed by atoms with Crippen molar-refractivity contribution in [3.05, 3.63) is 40.7 Å². The molecule has 0 radical (unpaired) electrons. The van der Waals surface area contributed by atoms with E-state index in [1.807, 2.05) is 0 Å². The number of fused-ring (bicyclic) bond motifs is 1. The van der Waals surface area contributed by atoms with Crippen molar-refractivity contribution in [1.29, 1.82) is 0 Å². The zero-order chi connectivity index (χ0) is 19.8. The van der Waals surface area contributed by atoms with E-state index in [4.69, 9.17) is 4.42 Å². The minimum absolute atomic E-state index is 0.0287. The largest absolute Gasteiger partial charge is 0.442 e. The lowest BCUT2D eigenvalue weighted by Crippen LogP contribution is -2.51. The van der Waals surface area contributed by atoms with Gasteiger partial charge in [0.1, 0.15) is 17.5 Å². The molecule has 3 heterocycles. The van der Waals surface area contributed by atoms with Crippen LogP contribution in [0.5, 0.6) is 0 Å². The van der Waals surface area contributed by atoms with Crippen molar-refractivity contribution in [3.8, 4) is 0 Å². The maximum atomic E-state index is 13.0. The Bertz CT molecular complexity index is 1050. The van der Waals surface area contributed by atoms with Gasteiger partial charge in [0.25, 0.3) is 11.5 Å². The molecule has 0 aromatic carbocycles. The first-order valence-corrected chi connectivity index (χ1v) is 10.3. The molecule has 2 aromatic heterocycles. The second kappa shape index (κ2) is 7.28. The lowest BCUT2D eigenvalue weighted by atomic mass is 10.1. The highest BCUT2D eigenvalue weighted by atomic mass is 32.2. The van der Waals surface area contributed by atoms with Gasteiger partial charge >= 0.3 is 0 Å². The number of allylic oxidation sites excluding steroid dienone is 1. The maximum Gasteiger partial charge on any atom is 0.265 e. The summed E-state index contributed by atoms with van der Waals surface area (Å²) in [5.74, 6) is -0.00406. The highest BCUT2D eigenvalue weighted by Gasteiger charge is 2.31. The van der Waals surface area contributed by atoms with E-state index in [1.54, 1.807) is 24.8 Å². The molecule has 10 heteroatoms. The van der Waals surface area contributed by atoms with E-state index < -0.39 is 10.0 Å². The lowest BCUT2D eigenvalue weighted by molar-refractivity contribution is 0.0698. The second-order valence-electron chi connectivity index (χ2n) is 6.30. The zero-order valence-electron chi connectivity index (χ0n) is 15.3. The molecule has 146 valence electrons. The van der Waals surface area contributed by atoms with Gasteiger partial charge in [-0.25, -0.2) is 13.4 Å². The number of carbonyl (C=O) groups is 1. The van der Waals surface area contributed by atoms with Crippen LogP contribution >= 0.6 is 0 Å². The molecule has 3 rings (SSSR count). The molecule has 0 saturated carbocycles. The molecule has 0 N–H and O–H groups in total. The molecular weight excluding hydrogens is 372 g/mol. The van der Waals surface area contributed by atoms with Crippen LogP contribution in [-0.2, 0) is 16.6 Å². The van der Waals surface area contributed by atoms with Crippen LogP contribution in [0.15, 0.2) is 28.2 Å². The summed E-state index contributed by atoms with van der Waals surface area (Å²) in [5, 5.41) is 0.144. The van der Waals surface area contributed by atoms with Crippen molar-refractivity contribution in [2.75, 3.05) is 31.9 Å². The van der Waals surface area contributed by atoms with Crippen LogP contribution in [-0.4, -0.2) is 65.0 Å². The summed E-state index contributed by atoms with van der Waals surface area (Å²) < 4.78 is 32.2. The van der Waals surface area contributed by atoms with Crippen molar-refractivity contribution in [2.24, 2.45) is 0 Å². The molecule has 1 aliphatic heterocycles. The molecule has 0 aliphatic carbocycles. The van der Waals surface area contributed by atoms with Gasteiger partial charge in [0.05, 0.1) is 11.3 Å². The summed E-state index contributed by atoms with van der Waals surface area (Å²) >= 11 is 0. The monoisotopic (exact) mass is 394 g/mol. The summed E-state index contributed by atoms with van der Waals surface area (Å²) in [6.45, 7) is 8.06. The van der Waals surface area contributed by atoms with Crippen molar-refractivity contribution >= 4 is 27.0 Å². The van der Waals surface area contributed by atoms with Crippen molar-refractivity contribution in [1.82, 2.24) is 18.8 Å².